The molecule has 0 saturated heterocycles. The van der Waals surface area contributed by atoms with Crippen molar-refractivity contribution in [1.82, 2.24) is 15.0 Å². The SMILES string of the molecule is C/C=C/C=C/C(=O)OCc1nc(N)nc(Nc2ccc(C)cc2)n1. The normalized spacial score (nSPS) is 11.1. The minimum Gasteiger partial charge on any atom is -0.454 e. The van der Waals surface area contributed by atoms with Crippen molar-refractivity contribution in [1.29, 1.82) is 0 Å². The number of rotatable bonds is 6. The molecule has 0 fully saturated rings. The van der Waals surface area contributed by atoms with Crippen molar-refractivity contribution in [3.05, 3.63) is 60.0 Å². The summed E-state index contributed by atoms with van der Waals surface area (Å²) in [7, 11) is 0. The molecule has 0 atom stereocenters. The highest BCUT2D eigenvalue weighted by molar-refractivity contribution is 5.82. The second kappa shape index (κ2) is 8.42. The fourth-order valence-corrected chi connectivity index (χ4v) is 1.75. The summed E-state index contributed by atoms with van der Waals surface area (Å²) in [6, 6.07) is 7.74. The van der Waals surface area contributed by atoms with Crippen molar-refractivity contribution in [2.45, 2.75) is 20.5 Å². The number of hydrogen-bond acceptors (Lipinski definition) is 7. The molecule has 2 aromatic rings. The molecule has 0 spiro atoms. The van der Waals surface area contributed by atoms with E-state index in [1.54, 1.807) is 18.2 Å². The molecule has 3 N–H and O–H groups in total. The zero-order valence-electron chi connectivity index (χ0n) is 13.6. The smallest absolute Gasteiger partial charge is 0.331 e. The summed E-state index contributed by atoms with van der Waals surface area (Å²) in [5.41, 5.74) is 7.65. The zero-order chi connectivity index (χ0) is 17.4. The lowest BCUT2D eigenvalue weighted by Crippen LogP contribution is -2.10. The lowest BCUT2D eigenvalue weighted by atomic mass is 10.2. The number of aryl methyl sites for hydroxylation is 1. The van der Waals surface area contributed by atoms with E-state index in [2.05, 4.69) is 20.3 Å². The number of allylic oxidation sites excluding steroid dienone is 3. The fourth-order valence-electron chi connectivity index (χ4n) is 1.75. The van der Waals surface area contributed by atoms with Gasteiger partial charge in [-0.15, -0.1) is 0 Å². The molecular formula is C17H19N5O2. The Balaban J connectivity index is 2.02. The van der Waals surface area contributed by atoms with Crippen LogP contribution in [0.15, 0.2) is 48.6 Å². The van der Waals surface area contributed by atoms with E-state index >= 15 is 0 Å². The highest BCUT2D eigenvalue weighted by Gasteiger charge is 2.07. The number of hydrogen-bond donors (Lipinski definition) is 2. The van der Waals surface area contributed by atoms with Crippen molar-refractivity contribution in [2.24, 2.45) is 0 Å². The van der Waals surface area contributed by atoms with Crippen LogP contribution in [0.4, 0.5) is 17.6 Å². The van der Waals surface area contributed by atoms with Crippen LogP contribution in [0.1, 0.15) is 18.3 Å². The van der Waals surface area contributed by atoms with E-state index in [9.17, 15) is 4.79 Å². The van der Waals surface area contributed by atoms with Crippen molar-refractivity contribution in [3.8, 4) is 0 Å². The van der Waals surface area contributed by atoms with Gasteiger partial charge in [-0.1, -0.05) is 35.9 Å². The summed E-state index contributed by atoms with van der Waals surface area (Å²) < 4.78 is 5.05. The Hall–Kier alpha value is -3.22. The van der Waals surface area contributed by atoms with Crippen LogP contribution in [0, 0.1) is 6.92 Å². The van der Waals surface area contributed by atoms with E-state index in [0.29, 0.717) is 5.95 Å². The molecule has 0 unspecified atom stereocenters. The molecule has 0 aliphatic heterocycles. The molecule has 1 aromatic heterocycles. The van der Waals surface area contributed by atoms with Crippen molar-refractivity contribution in [3.63, 3.8) is 0 Å². The first-order valence-electron chi connectivity index (χ1n) is 7.37. The number of nitrogen functional groups attached to an aromatic ring is 1. The van der Waals surface area contributed by atoms with E-state index in [-0.39, 0.29) is 18.4 Å². The van der Waals surface area contributed by atoms with Gasteiger partial charge in [-0.25, -0.2) is 4.79 Å². The summed E-state index contributed by atoms with van der Waals surface area (Å²) >= 11 is 0. The van der Waals surface area contributed by atoms with Crippen molar-refractivity contribution in [2.75, 3.05) is 11.1 Å². The highest BCUT2D eigenvalue weighted by Crippen LogP contribution is 2.14. The lowest BCUT2D eigenvalue weighted by molar-refractivity contribution is -0.139. The molecule has 0 aliphatic carbocycles. The molecular weight excluding hydrogens is 306 g/mol. The van der Waals surface area contributed by atoms with E-state index < -0.39 is 5.97 Å². The number of carbonyl (C=O) groups excluding carboxylic acids is 1. The van der Waals surface area contributed by atoms with Gasteiger partial charge >= 0.3 is 5.97 Å². The topological polar surface area (TPSA) is 103 Å². The number of nitrogens with two attached hydrogens (primary N) is 1. The van der Waals surface area contributed by atoms with Gasteiger partial charge in [0.05, 0.1) is 0 Å². The Kier molecular flexibility index (Phi) is 6.01. The first-order chi connectivity index (χ1) is 11.6. The number of nitrogens with zero attached hydrogens (tertiary/aromatic N) is 3. The molecule has 0 amide bonds. The quantitative estimate of drug-likeness (QED) is 0.478. The Morgan fingerprint density at radius 2 is 1.96 bits per heavy atom. The van der Waals surface area contributed by atoms with Crippen LogP contribution in [0.2, 0.25) is 0 Å². The van der Waals surface area contributed by atoms with Gasteiger partial charge in [-0.05, 0) is 26.0 Å². The third kappa shape index (κ3) is 5.53. The van der Waals surface area contributed by atoms with Gasteiger partial charge in [0.2, 0.25) is 11.9 Å². The average Bonchev–Trinajstić information content (AvgIpc) is 2.55. The van der Waals surface area contributed by atoms with Gasteiger partial charge in [0, 0.05) is 11.8 Å². The van der Waals surface area contributed by atoms with E-state index in [1.165, 1.54) is 6.08 Å². The Bertz CT molecular complexity index is 754. The van der Waals surface area contributed by atoms with Crippen molar-refractivity contribution >= 4 is 23.6 Å². The lowest BCUT2D eigenvalue weighted by Gasteiger charge is -2.07. The minimum absolute atomic E-state index is 0.0510. The van der Waals surface area contributed by atoms with Crippen LogP contribution in [0.25, 0.3) is 0 Å². The number of esters is 1. The first kappa shape index (κ1) is 17.1. The van der Waals surface area contributed by atoms with Crippen molar-refractivity contribution < 1.29 is 9.53 Å². The van der Waals surface area contributed by atoms with Crippen LogP contribution in [0.3, 0.4) is 0 Å². The standard InChI is InChI=1S/C17H19N5O2/c1-3-4-5-6-15(23)24-11-14-20-16(18)22-17(21-14)19-13-9-7-12(2)8-10-13/h3-10H,11H2,1-2H3,(H3,18,19,20,21,22)/b4-3+,6-5+. The third-order valence-electron chi connectivity index (χ3n) is 2.89. The summed E-state index contributed by atoms with van der Waals surface area (Å²) in [4.78, 5) is 23.7. The maximum Gasteiger partial charge on any atom is 0.331 e. The maximum absolute atomic E-state index is 11.5. The predicted molar refractivity (Wildman–Crippen MR) is 92.5 cm³/mol. The van der Waals surface area contributed by atoms with Crippen LogP contribution in [-0.2, 0) is 16.1 Å². The molecule has 0 bridgehead atoms. The van der Waals surface area contributed by atoms with Crippen LogP contribution < -0.4 is 11.1 Å². The summed E-state index contributed by atoms with van der Waals surface area (Å²) in [6.07, 6.45) is 6.44. The first-order valence-corrected chi connectivity index (χ1v) is 7.37. The number of aromatic nitrogens is 3. The van der Waals surface area contributed by atoms with E-state index in [1.807, 2.05) is 38.1 Å². The summed E-state index contributed by atoms with van der Waals surface area (Å²) in [6.45, 7) is 3.77. The van der Waals surface area contributed by atoms with Gasteiger partial charge in [-0.2, -0.15) is 15.0 Å². The van der Waals surface area contributed by atoms with E-state index in [0.717, 1.165) is 11.3 Å². The molecule has 7 heteroatoms. The Morgan fingerprint density at radius 3 is 2.67 bits per heavy atom. The molecule has 0 radical (unpaired) electrons. The molecule has 1 aromatic carbocycles. The largest absolute Gasteiger partial charge is 0.454 e. The minimum atomic E-state index is -0.486. The molecule has 1 heterocycles. The number of nitrogens with one attached hydrogen (secondary N) is 1. The second-order valence-corrected chi connectivity index (χ2v) is 4.92. The maximum atomic E-state index is 11.5. The van der Waals surface area contributed by atoms with Gasteiger partial charge in [0.25, 0.3) is 0 Å². The Morgan fingerprint density at radius 1 is 1.21 bits per heavy atom. The van der Waals surface area contributed by atoms with Gasteiger partial charge in [-0.3, -0.25) is 0 Å². The Labute approximate surface area is 140 Å². The van der Waals surface area contributed by atoms with Crippen LogP contribution in [-0.4, -0.2) is 20.9 Å². The highest BCUT2D eigenvalue weighted by atomic mass is 16.5. The average molecular weight is 325 g/mol. The van der Waals surface area contributed by atoms with Gasteiger partial charge in [0.1, 0.15) is 0 Å². The number of anilines is 3. The zero-order valence-corrected chi connectivity index (χ0v) is 13.6. The predicted octanol–water partition coefficient (Wildman–Crippen LogP) is 2.68. The molecule has 0 aliphatic rings. The summed E-state index contributed by atoms with van der Waals surface area (Å²) in [5, 5.41) is 3.04. The third-order valence-corrected chi connectivity index (χ3v) is 2.89. The fraction of sp³-hybridized carbons (Fsp3) is 0.176. The molecule has 7 nitrogen and oxygen atoms in total. The van der Waals surface area contributed by atoms with Crippen LogP contribution >= 0.6 is 0 Å². The monoisotopic (exact) mass is 325 g/mol. The molecule has 124 valence electrons. The van der Waals surface area contributed by atoms with Gasteiger partial charge in [0.15, 0.2) is 12.4 Å². The van der Waals surface area contributed by atoms with Crippen LogP contribution in [0.5, 0.6) is 0 Å². The van der Waals surface area contributed by atoms with Gasteiger partial charge < -0.3 is 15.8 Å². The number of carbonyl (C=O) groups is 1. The molecule has 24 heavy (non-hydrogen) atoms. The number of ether oxygens (including phenoxy) is 1. The molecule has 2 rings (SSSR count). The number of benzene rings is 1. The van der Waals surface area contributed by atoms with E-state index in [4.69, 9.17) is 10.5 Å². The molecule has 0 saturated carbocycles. The summed E-state index contributed by atoms with van der Waals surface area (Å²) in [5.74, 6) is 0.127. The second-order valence-electron chi connectivity index (χ2n) is 4.92.